The van der Waals surface area contributed by atoms with Gasteiger partial charge in [0.2, 0.25) is 0 Å². The molecule has 11 nitrogen and oxygen atoms in total. The zero-order valence-electron chi connectivity index (χ0n) is 28.4. The van der Waals surface area contributed by atoms with Crippen molar-refractivity contribution in [3.8, 4) is 11.4 Å². The Morgan fingerprint density at radius 3 is 2.16 bits per heavy atom. The fourth-order valence-corrected chi connectivity index (χ4v) is 7.15. The van der Waals surface area contributed by atoms with Gasteiger partial charge >= 0.3 is 5.69 Å². The number of halogens is 2. The summed E-state index contributed by atoms with van der Waals surface area (Å²) in [5.74, 6) is -0.550. The summed E-state index contributed by atoms with van der Waals surface area (Å²) in [7, 11) is 0. The lowest BCUT2D eigenvalue weighted by Gasteiger charge is -2.37. The summed E-state index contributed by atoms with van der Waals surface area (Å²) in [5, 5.41) is 8.55. The molecule has 2 atom stereocenters. The Morgan fingerprint density at radius 2 is 1.54 bits per heavy atom. The van der Waals surface area contributed by atoms with Gasteiger partial charge in [-0.05, 0) is 80.3 Å². The van der Waals surface area contributed by atoms with E-state index >= 15 is 0 Å². The first-order chi connectivity index (χ1) is 24.4. The zero-order chi connectivity index (χ0) is 34.7. The number of hydrogen-bond donors (Lipinski definition) is 0. The maximum Gasteiger partial charge on any atom is 0.350 e. The van der Waals surface area contributed by atoms with Gasteiger partial charge in [-0.1, -0.05) is 19.9 Å². The highest BCUT2D eigenvalue weighted by Crippen LogP contribution is 2.42. The van der Waals surface area contributed by atoms with Crippen molar-refractivity contribution in [2.45, 2.75) is 63.8 Å². The Kier molecular flexibility index (Phi) is 9.66. The van der Waals surface area contributed by atoms with E-state index in [1.165, 1.54) is 18.5 Å². The fraction of sp³-hybridized carbons (Fsp3) is 0.405. The van der Waals surface area contributed by atoms with Gasteiger partial charge in [0.25, 0.3) is 0 Å². The molecule has 0 saturated carbocycles. The first-order valence-corrected chi connectivity index (χ1v) is 17.3. The first-order valence-electron chi connectivity index (χ1n) is 17.3. The van der Waals surface area contributed by atoms with Crippen LogP contribution in [0.25, 0.3) is 5.69 Å². The first kappa shape index (κ1) is 33.5. The molecule has 0 aliphatic carbocycles. The van der Waals surface area contributed by atoms with Crippen molar-refractivity contribution >= 4 is 11.4 Å². The van der Waals surface area contributed by atoms with E-state index in [-0.39, 0.29) is 24.4 Å². The van der Waals surface area contributed by atoms with Crippen LogP contribution < -0.4 is 20.2 Å². The van der Waals surface area contributed by atoms with E-state index in [1.807, 2.05) is 24.3 Å². The minimum absolute atomic E-state index is 0.107. The number of piperazine rings is 1. The molecule has 2 saturated heterocycles. The van der Waals surface area contributed by atoms with Crippen molar-refractivity contribution in [2.75, 3.05) is 42.6 Å². The van der Waals surface area contributed by atoms with Crippen molar-refractivity contribution in [3.63, 3.8) is 0 Å². The van der Waals surface area contributed by atoms with Crippen LogP contribution in [0.1, 0.15) is 51.1 Å². The Bertz CT molecular complexity index is 1920. The molecule has 0 N–H and O–H groups in total. The van der Waals surface area contributed by atoms with Gasteiger partial charge in [0.05, 0.1) is 24.4 Å². The summed E-state index contributed by atoms with van der Waals surface area (Å²) in [4.78, 5) is 21.7. The van der Waals surface area contributed by atoms with Gasteiger partial charge in [-0.15, -0.1) is 0 Å². The lowest BCUT2D eigenvalue weighted by atomic mass is 9.90. The molecule has 0 bridgehead atoms. The highest BCUT2D eigenvalue weighted by Gasteiger charge is 2.44. The minimum atomic E-state index is -1.01. The lowest BCUT2D eigenvalue weighted by Crippen LogP contribution is -2.46. The molecule has 2 fully saturated rings. The quantitative estimate of drug-likeness (QED) is 0.164. The number of nitrogens with zero attached hydrogens (tertiary/aromatic N) is 8. The van der Waals surface area contributed by atoms with Crippen molar-refractivity contribution in [1.29, 1.82) is 0 Å². The van der Waals surface area contributed by atoms with Crippen molar-refractivity contribution in [1.82, 2.24) is 29.1 Å². The molecule has 2 aromatic heterocycles. The lowest BCUT2D eigenvalue weighted by molar-refractivity contribution is -0.0734. The molecule has 13 heteroatoms. The predicted octanol–water partition coefficient (Wildman–Crippen LogP) is 5.74. The third kappa shape index (κ3) is 6.87. The molecule has 0 amide bonds. The van der Waals surface area contributed by atoms with Gasteiger partial charge in [-0.25, -0.2) is 32.5 Å². The molecule has 0 radical (unpaired) electrons. The molecule has 2 aliphatic rings. The highest BCUT2D eigenvalue weighted by atomic mass is 19.1. The average molecular weight is 685 g/mol. The van der Waals surface area contributed by atoms with Crippen LogP contribution in [-0.2, 0) is 16.9 Å². The zero-order valence-corrected chi connectivity index (χ0v) is 28.4. The molecule has 7 rings (SSSR count). The number of aromatic nitrogens is 6. The number of ether oxygens (including phenoxy) is 2. The van der Waals surface area contributed by atoms with Gasteiger partial charge < -0.3 is 19.3 Å². The SMILES string of the molecule is CCC(CC)n1ncn(-c2ccc(N3CCN(c4ccc(OC[C@H]5CC[C@](Cn6cncn6)(c6ccc(F)cc6F)O5)cc4)CC3)cc2)c1=O. The van der Waals surface area contributed by atoms with Crippen molar-refractivity contribution in [2.24, 2.45) is 0 Å². The van der Waals surface area contributed by atoms with E-state index in [1.54, 1.807) is 26.6 Å². The van der Waals surface area contributed by atoms with Gasteiger partial charge in [0.1, 0.15) is 48.6 Å². The fourth-order valence-electron chi connectivity index (χ4n) is 7.15. The van der Waals surface area contributed by atoms with Crippen LogP contribution in [0, 0.1) is 11.6 Å². The topological polar surface area (TPSA) is 95.5 Å². The van der Waals surface area contributed by atoms with Crippen LogP contribution in [0.4, 0.5) is 20.2 Å². The largest absolute Gasteiger partial charge is 0.491 e. The van der Waals surface area contributed by atoms with E-state index < -0.39 is 17.2 Å². The van der Waals surface area contributed by atoms with Crippen LogP contribution in [-0.4, -0.2) is 68.0 Å². The molecule has 3 aromatic carbocycles. The molecule has 5 aromatic rings. The molecule has 262 valence electrons. The van der Waals surface area contributed by atoms with E-state index in [0.717, 1.165) is 67.9 Å². The van der Waals surface area contributed by atoms with Crippen LogP contribution >= 0.6 is 0 Å². The Morgan fingerprint density at radius 1 is 0.880 bits per heavy atom. The van der Waals surface area contributed by atoms with Gasteiger partial charge in [-0.2, -0.15) is 10.2 Å². The second kappa shape index (κ2) is 14.4. The van der Waals surface area contributed by atoms with E-state index in [9.17, 15) is 13.6 Å². The molecule has 50 heavy (non-hydrogen) atoms. The van der Waals surface area contributed by atoms with Crippen molar-refractivity contribution < 1.29 is 18.3 Å². The number of hydrogen-bond acceptors (Lipinski definition) is 8. The molecule has 4 heterocycles. The summed E-state index contributed by atoms with van der Waals surface area (Å²) in [6, 6.07) is 19.9. The number of benzene rings is 3. The number of rotatable bonds is 12. The number of anilines is 2. The third-order valence-electron chi connectivity index (χ3n) is 9.96. The predicted molar refractivity (Wildman–Crippen MR) is 186 cm³/mol. The Balaban J connectivity index is 0.924. The minimum Gasteiger partial charge on any atom is -0.491 e. The standard InChI is InChI=1S/C37H42F2N8O3/c1-3-28(4-2)47-36(48)46(26-42-47)31-8-6-29(7-9-31)43-17-19-44(20-18-43)30-10-12-32(13-11-30)49-22-33-15-16-37(50-33,23-45-25-40-24-41-45)34-14-5-27(38)21-35(34)39/h5-14,21,24-26,28,33H,3-4,15-20,22-23H2,1-2H3/t33-,37+/m1/s1. The summed E-state index contributed by atoms with van der Waals surface area (Å²) < 4.78 is 46.1. The highest BCUT2D eigenvalue weighted by molar-refractivity contribution is 5.54. The maximum atomic E-state index is 15.0. The van der Waals surface area contributed by atoms with Crippen LogP contribution in [0.5, 0.6) is 5.75 Å². The summed E-state index contributed by atoms with van der Waals surface area (Å²) in [5.41, 5.74) is 2.24. The van der Waals surface area contributed by atoms with E-state index in [0.29, 0.717) is 25.0 Å². The molecular weight excluding hydrogens is 642 g/mol. The van der Waals surface area contributed by atoms with Gasteiger partial charge in [0, 0.05) is 49.2 Å². The molecular formula is C37H42F2N8O3. The second-order valence-electron chi connectivity index (χ2n) is 13.0. The molecule has 0 spiro atoms. The Hall–Kier alpha value is -5.04. The summed E-state index contributed by atoms with van der Waals surface area (Å²) >= 11 is 0. The van der Waals surface area contributed by atoms with Gasteiger partial charge in [0.15, 0.2) is 0 Å². The monoisotopic (exact) mass is 684 g/mol. The van der Waals surface area contributed by atoms with Crippen LogP contribution in [0.15, 0.2) is 90.5 Å². The van der Waals surface area contributed by atoms with E-state index in [4.69, 9.17) is 9.47 Å². The van der Waals surface area contributed by atoms with Crippen molar-refractivity contribution in [3.05, 3.63) is 113 Å². The Labute approximate surface area is 289 Å². The van der Waals surface area contributed by atoms with Gasteiger partial charge in [-0.3, -0.25) is 0 Å². The maximum absolute atomic E-state index is 15.0. The van der Waals surface area contributed by atoms with Crippen LogP contribution in [0.2, 0.25) is 0 Å². The smallest absolute Gasteiger partial charge is 0.350 e. The summed E-state index contributed by atoms with van der Waals surface area (Å²) in [6.07, 6.45) is 7.23. The molecule has 0 unspecified atom stereocenters. The third-order valence-corrected chi connectivity index (χ3v) is 9.96. The normalized spacial score (nSPS) is 19.4. The average Bonchev–Trinajstić information content (AvgIpc) is 3.90. The molecule has 2 aliphatic heterocycles. The van der Waals surface area contributed by atoms with Crippen LogP contribution in [0.3, 0.4) is 0 Å². The second-order valence-corrected chi connectivity index (χ2v) is 13.0. The van der Waals surface area contributed by atoms with E-state index in [2.05, 4.69) is 63.1 Å². The summed E-state index contributed by atoms with van der Waals surface area (Å²) in [6.45, 7) is 8.17.